The Labute approximate surface area is 78.9 Å². The molecule has 68 valence electrons. The zero-order valence-electron chi connectivity index (χ0n) is 8.12. The zero-order chi connectivity index (χ0) is 9.26. The first-order valence-electron chi connectivity index (χ1n) is 4.60. The first kappa shape index (κ1) is 8.30. The molecule has 1 aromatic carbocycles. The van der Waals surface area contributed by atoms with Crippen LogP contribution in [0.3, 0.4) is 0 Å². The average molecular weight is 174 g/mol. The minimum Gasteiger partial charge on any atom is -0.303 e. The van der Waals surface area contributed by atoms with E-state index in [0.29, 0.717) is 0 Å². The van der Waals surface area contributed by atoms with Gasteiger partial charge < -0.3 is 5.01 Å². The van der Waals surface area contributed by atoms with Crippen LogP contribution >= 0.6 is 0 Å². The number of benzene rings is 1. The van der Waals surface area contributed by atoms with E-state index in [-0.39, 0.29) is 0 Å². The molecule has 2 nitrogen and oxygen atoms in total. The van der Waals surface area contributed by atoms with Crippen LogP contribution in [-0.4, -0.2) is 24.8 Å². The second kappa shape index (κ2) is 3.21. The molecule has 0 aromatic heterocycles. The second-order valence-electron chi connectivity index (χ2n) is 3.55. The van der Waals surface area contributed by atoms with Gasteiger partial charge in [-0.15, -0.1) is 0 Å². The Hall–Kier alpha value is -1.31. The minimum absolute atomic E-state index is 1.08. The van der Waals surface area contributed by atoms with E-state index in [1.54, 1.807) is 0 Å². The molecule has 0 saturated heterocycles. The normalized spacial score (nSPS) is 17.5. The molecule has 2 rings (SSSR count). The molecule has 0 unspecified atom stereocenters. The van der Waals surface area contributed by atoms with Gasteiger partial charge in [0.05, 0.1) is 5.71 Å². The van der Waals surface area contributed by atoms with Crippen LogP contribution in [-0.2, 0) is 6.42 Å². The van der Waals surface area contributed by atoms with E-state index >= 15 is 0 Å². The van der Waals surface area contributed by atoms with Crippen molar-refractivity contribution >= 4 is 5.71 Å². The van der Waals surface area contributed by atoms with Gasteiger partial charge in [-0.2, -0.15) is 5.10 Å². The van der Waals surface area contributed by atoms with E-state index < -0.39 is 0 Å². The largest absolute Gasteiger partial charge is 0.303 e. The van der Waals surface area contributed by atoms with Crippen LogP contribution in [0.1, 0.15) is 17.5 Å². The molecule has 0 saturated carbocycles. The third-order valence-electron chi connectivity index (χ3n) is 2.28. The molecular formula is C11H14N2. The molecule has 0 N–H and O–H groups in total. The predicted molar refractivity (Wildman–Crippen MR) is 55.0 cm³/mol. The van der Waals surface area contributed by atoms with Crippen molar-refractivity contribution in [1.82, 2.24) is 5.01 Å². The number of fused-ring (bicyclic) bond motifs is 1. The van der Waals surface area contributed by atoms with Crippen LogP contribution < -0.4 is 0 Å². The Kier molecular flexibility index (Phi) is 2.05. The van der Waals surface area contributed by atoms with Crippen LogP contribution in [0.25, 0.3) is 0 Å². The standard InChI is InChI=1S/C11H14N2/c1-13(2)12-11-8-7-9-5-3-4-6-10(9)11/h3-6H,7-8H2,1-2H3/b12-11-. The fourth-order valence-corrected chi connectivity index (χ4v) is 1.75. The molecule has 0 atom stereocenters. The molecule has 1 aromatic rings. The first-order chi connectivity index (χ1) is 6.27. The monoisotopic (exact) mass is 174 g/mol. The summed E-state index contributed by atoms with van der Waals surface area (Å²) in [6.45, 7) is 0. The fourth-order valence-electron chi connectivity index (χ4n) is 1.75. The smallest absolute Gasteiger partial charge is 0.0683 e. The Morgan fingerprint density at radius 3 is 2.69 bits per heavy atom. The van der Waals surface area contributed by atoms with E-state index in [4.69, 9.17) is 0 Å². The summed E-state index contributed by atoms with van der Waals surface area (Å²) in [6.07, 6.45) is 2.22. The summed E-state index contributed by atoms with van der Waals surface area (Å²) >= 11 is 0. The molecule has 0 fully saturated rings. The third kappa shape index (κ3) is 1.57. The third-order valence-corrected chi connectivity index (χ3v) is 2.28. The SMILES string of the molecule is CN(C)/N=C1/CCc2ccccc21. The maximum atomic E-state index is 4.47. The summed E-state index contributed by atoms with van der Waals surface area (Å²) in [7, 11) is 3.93. The maximum Gasteiger partial charge on any atom is 0.0683 e. The van der Waals surface area contributed by atoms with Crippen LogP contribution in [0.15, 0.2) is 29.4 Å². The van der Waals surface area contributed by atoms with Crippen molar-refractivity contribution in [1.29, 1.82) is 0 Å². The van der Waals surface area contributed by atoms with Gasteiger partial charge in [0.25, 0.3) is 0 Å². The summed E-state index contributed by atoms with van der Waals surface area (Å²) in [5.41, 5.74) is 3.99. The molecule has 0 spiro atoms. The molecule has 0 bridgehead atoms. The molecule has 2 heteroatoms. The molecule has 0 aliphatic heterocycles. The van der Waals surface area contributed by atoms with E-state index in [1.807, 2.05) is 19.1 Å². The highest BCUT2D eigenvalue weighted by molar-refractivity contribution is 6.04. The van der Waals surface area contributed by atoms with Crippen LogP contribution in [0.5, 0.6) is 0 Å². The fraction of sp³-hybridized carbons (Fsp3) is 0.364. The zero-order valence-corrected chi connectivity index (χ0v) is 8.12. The highest BCUT2D eigenvalue weighted by Crippen LogP contribution is 2.21. The molecule has 13 heavy (non-hydrogen) atoms. The molecule has 1 aliphatic rings. The van der Waals surface area contributed by atoms with Gasteiger partial charge in [0, 0.05) is 19.7 Å². The Morgan fingerprint density at radius 2 is 1.92 bits per heavy atom. The lowest BCUT2D eigenvalue weighted by Gasteiger charge is -2.06. The van der Waals surface area contributed by atoms with Gasteiger partial charge in [-0.05, 0) is 18.4 Å². The van der Waals surface area contributed by atoms with Crippen molar-refractivity contribution < 1.29 is 0 Å². The van der Waals surface area contributed by atoms with Crippen molar-refractivity contribution in [3.05, 3.63) is 35.4 Å². The number of nitrogens with zero attached hydrogens (tertiary/aromatic N) is 2. The number of hydrazone groups is 1. The molecule has 0 amide bonds. The van der Waals surface area contributed by atoms with Gasteiger partial charge in [0.2, 0.25) is 0 Å². The number of aryl methyl sites for hydroxylation is 1. The van der Waals surface area contributed by atoms with Gasteiger partial charge in [0.1, 0.15) is 0 Å². The Balaban J connectivity index is 2.38. The number of hydrogen-bond donors (Lipinski definition) is 0. The average Bonchev–Trinajstić information content (AvgIpc) is 2.48. The van der Waals surface area contributed by atoms with Crippen molar-refractivity contribution in [3.8, 4) is 0 Å². The first-order valence-corrected chi connectivity index (χ1v) is 4.60. The lowest BCUT2D eigenvalue weighted by Crippen LogP contribution is -2.07. The highest BCUT2D eigenvalue weighted by atomic mass is 15.4. The van der Waals surface area contributed by atoms with Gasteiger partial charge in [-0.3, -0.25) is 0 Å². The van der Waals surface area contributed by atoms with Crippen LogP contribution in [0.4, 0.5) is 0 Å². The van der Waals surface area contributed by atoms with E-state index in [1.165, 1.54) is 16.8 Å². The quantitative estimate of drug-likeness (QED) is 0.594. The lowest BCUT2D eigenvalue weighted by molar-refractivity contribution is 0.437. The van der Waals surface area contributed by atoms with Gasteiger partial charge >= 0.3 is 0 Å². The molecule has 0 heterocycles. The highest BCUT2D eigenvalue weighted by Gasteiger charge is 2.16. The van der Waals surface area contributed by atoms with Crippen molar-refractivity contribution in [2.24, 2.45) is 5.10 Å². The van der Waals surface area contributed by atoms with E-state index in [2.05, 4.69) is 29.4 Å². The Morgan fingerprint density at radius 1 is 1.15 bits per heavy atom. The van der Waals surface area contributed by atoms with Crippen molar-refractivity contribution in [3.63, 3.8) is 0 Å². The van der Waals surface area contributed by atoms with Gasteiger partial charge in [0.15, 0.2) is 0 Å². The number of hydrogen-bond acceptors (Lipinski definition) is 2. The van der Waals surface area contributed by atoms with Gasteiger partial charge in [-0.25, -0.2) is 0 Å². The summed E-state index contributed by atoms with van der Waals surface area (Å²) in [4.78, 5) is 0. The number of rotatable bonds is 1. The van der Waals surface area contributed by atoms with E-state index in [9.17, 15) is 0 Å². The molecule has 0 radical (unpaired) electrons. The van der Waals surface area contributed by atoms with Crippen LogP contribution in [0.2, 0.25) is 0 Å². The Bertz CT molecular complexity index is 340. The maximum absolute atomic E-state index is 4.47. The summed E-state index contributed by atoms with van der Waals surface area (Å²) in [5.74, 6) is 0. The summed E-state index contributed by atoms with van der Waals surface area (Å²) in [6, 6.07) is 8.52. The predicted octanol–water partition coefficient (Wildman–Crippen LogP) is 1.90. The minimum atomic E-state index is 1.08. The summed E-state index contributed by atoms with van der Waals surface area (Å²) < 4.78 is 0. The summed E-state index contributed by atoms with van der Waals surface area (Å²) in [5, 5.41) is 6.34. The topological polar surface area (TPSA) is 15.6 Å². The lowest BCUT2D eigenvalue weighted by atomic mass is 10.1. The van der Waals surface area contributed by atoms with Crippen molar-refractivity contribution in [2.45, 2.75) is 12.8 Å². The van der Waals surface area contributed by atoms with E-state index in [0.717, 1.165) is 12.8 Å². The molecular weight excluding hydrogens is 160 g/mol. The van der Waals surface area contributed by atoms with Crippen molar-refractivity contribution in [2.75, 3.05) is 14.1 Å². The molecule has 1 aliphatic carbocycles. The van der Waals surface area contributed by atoms with Crippen LogP contribution in [0, 0.1) is 0 Å². The van der Waals surface area contributed by atoms with Gasteiger partial charge in [-0.1, -0.05) is 24.3 Å². The second-order valence-corrected chi connectivity index (χ2v) is 3.55.